The van der Waals surface area contributed by atoms with Crippen molar-refractivity contribution in [2.45, 2.75) is 37.4 Å². The zero-order chi connectivity index (χ0) is 12.9. The van der Waals surface area contributed by atoms with Crippen LogP contribution in [0.3, 0.4) is 0 Å². The molecule has 1 unspecified atom stereocenters. The number of thioether (sulfide) groups is 1. The summed E-state index contributed by atoms with van der Waals surface area (Å²) >= 11 is 7.37. The van der Waals surface area contributed by atoms with Crippen LogP contribution < -0.4 is 5.32 Å². The van der Waals surface area contributed by atoms with Crippen molar-refractivity contribution in [3.8, 4) is 0 Å². The van der Waals surface area contributed by atoms with Gasteiger partial charge >= 0.3 is 0 Å². The van der Waals surface area contributed by atoms with Crippen molar-refractivity contribution < 1.29 is 5.11 Å². The van der Waals surface area contributed by atoms with Gasteiger partial charge in [0.2, 0.25) is 0 Å². The lowest BCUT2D eigenvalue weighted by Crippen LogP contribution is -2.35. The highest BCUT2D eigenvalue weighted by Crippen LogP contribution is 2.23. The molecule has 1 heterocycles. The maximum Gasteiger partial charge on any atom is 0.190 e. The number of aliphatic hydroxyl groups excluding tert-OH is 1. The molecule has 0 saturated heterocycles. The number of nitrogens with one attached hydrogen (secondary N) is 1. The van der Waals surface area contributed by atoms with Crippen LogP contribution in [0.2, 0.25) is 5.15 Å². The molecule has 1 aromatic rings. The Balaban J connectivity index is 2.89. The van der Waals surface area contributed by atoms with Crippen LogP contribution in [0.5, 0.6) is 0 Å². The first-order valence-corrected chi connectivity index (χ1v) is 7.11. The lowest BCUT2D eigenvalue weighted by atomic mass is 9.95. The minimum Gasteiger partial charge on any atom is -0.396 e. The summed E-state index contributed by atoms with van der Waals surface area (Å²) in [5.74, 6) is 0.701. The van der Waals surface area contributed by atoms with Crippen LogP contribution in [0.1, 0.15) is 26.7 Å². The van der Waals surface area contributed by atoms with Gasteiger partial charge in [-0.05, 0) is 26.0 Å². The number of aromatic nitrogens is 2. The van der Waals surface area contributed by atoms with Crippen LogP contribution in [0.15, 0.2) is 11.2 Å². The molecule has 0 fully saturated rings. The van der Waals surface area contributed by atoms with Gasteiger partial charge in [-0.25, -0.2) is 9.97 Å². The molecule has 1 rings (SSSR count). The molecule has 96 valence electrons. The Morgan fingerprint density at radius 2 is 2.24 bits per heavy atom. The molecule has 0 aromatic carbocycles. The van der Waals surface area contributed by atoms with Gasteiger partial charge in [-0.2, -0.15) is 0 Å². The lowest BCUT2D eigenvalue weighted by Gasteiger charge is -2.29. The summed E-state index contributed by atoms with van der Waals surface area (Å²) in [5.41, 5.74) is -0.178. The quantitative estimate of drug-likeness (QED) is 0.475. The van der Waals surface area contributed by atoms with Crippen molar-refractivity contribution in [1.82, 2.24) is 9.97 Å². The Bertz CT molecular complexity index is 378. The second-order valence-electron chi connectivity index (χ2n) is 4.08. The first-order chi connectivity index (χ1) is 8.03. The standard InChI is InChI=1S/C11H18ClN3OS/c1-4-11(2,5-6-16)15-9-7-8(12)13-10(14-9)17-3/h7,16H,4-6H2,1-3H3,(H,13,14,15). The largest absolute Gasteiger partial charge is 0.396 e. The van der Waals surface area contributed by atoms with Crippen LogP contribution in [-0.4, -0.2) is 33.5 Å². The van der Waals surface area contributed by atoms with Gasteiger partial charge in [0, 0.05) is 18.2 Å². The number of halogens is 1. The first kappa shape index (κ1) is 14.5. The number of rotatable bonds is 6. The molecule has 0 spiro atoms. The Morgan fingerprint density at radius 3 is 2.76 bits per heavy atom. The Labute approximate surface area is 111 Å². The molecule has 2 N–H and O–H groups in total. The third kappa shape index (κ3) is 4.33. The van der Waals surface area contributed by atoms with Gasteiger partial charge in [-0.1, -0.05) is 30.3 Å². The van der Waals surface area contributed by atoms with E-state index in [0.29, 0.717) is 22.5 Å². The lowest BCUT2D eigenvalue weighted by molar-refractivity contribution is 0.251. The van der Waals surface area contributed by atoms with E-state index in [9.17, 15) is 0 Å². The van der Waals surface area contributed by atoms with E-state index in [1.54, 1.807) is 6.07 Å². The van der Waals surface area contributed by atoms with E-state index in [1.807, 2.05) is 6.26 Å². The van der Waals surface area contributed by atoms with Gasteiger partial charge in [0.1, 0.15) is 11.0 Å². The Kier molecular flexibility index (Phi) is 5.49. The molecule has 1 aromatic heterocycles. The van der Waals surface area contributed by atoms with E-state index < -0.39 is 0 Å². The molecule has 0 saturated carbocycles. The third-order valence-electron chi connectivity index (χ3n) is 2.73. The van der Waals surface area contributed by atoms with Crippen molar-refractivity contribution in [3.63, 3.8) is 0 Å². The second-order valence-corrected chi connectivity index (χ2v) is 5.24. The number of aliphatic hydroxyl groups is 1. The van der Waals surface area contributed by atoms with Crippen molar-refractivity contribution in [1.29, 1.82) is 0 Å². The fourth-order valence-corrected chi connectivity index (χ4v) is 2.05. The molecule has 0 aliphatic carbocycles. The third-order valence-corrected chi connectivity index (χ3v) is 3.47. The molecule has 0 aliphatic heterocycles. The minimum atomic E-state index is -0.178. The maximum atomic E-state index is 9.06. The van der Waals surface area contributed by atoms with Crippen molar-refractivity contribution in [2.75, 3.05) is 18.2 Å². The van der Waals surface area contributed by atoms with Gasteiger partial charge in [0.15, 0.2) is 5.16 Å². The molecule has 1 atom stereocenters. The number of hydrogen-bond acceptors (Lipinski definition) is 5. The fourth-order valence-electron chi connectivity index (χ4n) is 1.44. The summed E-state index contributed by atoms with van der Waals surface area (Å²) in [6, 6.07) is 1.70. The molecule has 4 nitrogen and oxygen atoms in total. The Hall–Kier alpha value is -0.520. The summed E-state index contributed by atoms with van der Waals surface area (Å²) < 4.78 is 0. The van der Waals surface area contributed by atoms with Crippen LogP contribution >= 0.6 is 23.4 Å². The first-order valence-electron chi connectivity index (χ1n) is 5.50. The highest BCUT2D eigenvalue weighted by Gasteiger charge is 2.21. The summed E-state index contributed by atoms with van der Waals surface area (Å²) in [7, 11) is 0. The minimum absolute atomic E-state index is 0.144. The molecular formula is C11H18ClN3OS. The number of anilines is 1. The summed E-state index contributed by atoms with van der Waals surface area (Å²) in [6.07, 6.45) is 3.46. The topological polar surface area (TPSA) is 58.0 Å². The Morgan fingerprint density at radius 1 is 1.53 bits per heavy atom. The van der Waals surface area contributed by atoms with Crippen LogP contribution in [-0.2, 0) is 0 Å². The highest BCUT2D eigenvalue weighted by atomic mass is 35.5. The van der Waals surface area contributed by atoms with Gasteiger partial charge in [0.25, 0.3) is 0 Å². The fraction of sp³-hybridized carbons (Fsp3) is 0.636. The van der Waals surface area contributed by atoms with E-state index in [1.165, 1.54) is 11.8 Å². The van der Waals surface area contributed by atoms with Gasteiger partial charge < -0.3 is 10.4 Å². The number of nitrogens with zero attached hydrogens (tertiary/aromatic N) is 2. The van der Waals surface area contributed by atoms with Gasteiger partial charge in [0.05, 0.1) is 0 Å². The van der Waals surface area contributed by atoms with Crippen molar-refractivity contribution >= 4 is 29.2 Å². The van der Waals surface area contributed by atoms with Crippen molar-refractivity contribution in [3.05, 3.63) is 11.2 Å². The predicted molar refractivity (Wildman–Crippen MR) is 72.8 cm³/mol. The van der Waals surface area contributed by atoms with Crippen LogP contribution in [0.25, 0.3) is 0 Å². The van der Waals surface area contributed by atoms with E-state index in [4.69, 9.17) is 16.7 Å². The van der Waals surface area contributed by atoms with E-state index >= 15 is 0 Å². The molecular weight excluding hydrogens is 258 g/mol. The normalized spacial score (nSPS) is 14.4. The molecule has 0 radical (unpaired) electrons. The zero-order valence-electron chi connectivity index (χ0n) is 10.3. The smallest absolute Gasteiger partial charge is 0.190 e. The highest BCUT2D eigenvalue weighted by molar-refractivity contribution is 7.98. The summed E-state index contributed by atoms with van der Waals surface area (Å²) in [6.45, 7) is 4.27. The van der Waals surface area contributed by atoms with Gasteiger partial charge in [-0.15, -0.1) is 0 Å². The molecule has 0 amide bonds. The molecule has 17 heavy (non-hydrogen) atoms. The SMILES string of the molecule is CCC(C)(CCO)Nc1cc(Cl)nc(SC)n1. The predicted octanol–water partition coefficient (Wildman–Crippen LogP) is 2.81. The van der Waals surface area contributed by atoms with E-state index in [2.05, 4.69) is 29.1 Å². The van der Waals surface area contributed by atoms with E-state index in [0.717, 1.165) is 6.42 Å². The summed E-state index contributed by atoms with van der Waals surface area (Å²) in [4.78, 5) is 8.42. The average molecular weight is 276 g/mol. The van der Waals surface area contributed by atoms with Crippen LogP contribution in [0, 0.1) is 0 Å². The molecule has 6 heteroatoms. The molecule has 0 bridgehead atoms. The zero-order valence-corrected chi connectivity index (χ0v) is 11.9. The average Bonchev–Trinajstić information content (AvgIpc) is 2.28. The van der Waals surface area contributed by atoms with Gasteiger partial charge in [-0.3, -0.25) is 0 Å². The molecule has 0 aliphatic rings. The number of hydrogen-bond donors (Lipinski definition) is 2. The van der Waals surface area contributed by atoms with Crippen LogP contribution in [0.4, 0.5) is 5.82 Å². The second kappa shape index (κ2) is 6.42. The maximum absolute atomic E-state index is 9.06. The van der Waals surface area contributed by atoms with Crippen molar-refractivity contribution in [2.24, 2.45) is 0 Å². The monoisotopic (exact) mass is 275 g/mol. The summed E-state index contributed by atoms with van der Waals surface area (Å²) in [5, 5.41) is 13.4. The van der Waals surface area contributed by atoms with E-state index in [-0.39, 0.29) is 12.1 Å².